The van der Waals surface area contributed by atoms with Gasteiger partial charge in [-0.1, -0.05) is 30.3 Å². The van der Waals surface area contributed by atoms with E-state index in [1.807, 2.05) is 6.07 Å². The molecule has 4 nitrogen and oxygen atoms in total. The maximum atomic E-state index is 11.2. The highest BCUT2D eigenvalue weighted by Gasteiger charge is 2.25. The lowest BCUT2D eigenvalue weighted by Crippen LogP contribution is -2.51. The van der Waals surface area contributed by atoms with Crippen LogP contribution in [0.5, 0.6) is 0 Å². The van der Waals surface area contributed by atoms with Gasteiger partial charge in [0.05, 0.1) is 5.75 Å². The van der Waals surface area contributed by atoms with Gasteiger partial charge in [0.25, 0.3) is 0 Å². The second-order valence-corrected chi connectivity index (χ2v) is 7.96. The molecule has 5 heteroatoms. The van der Waals surface area contributed by atoms with Crippen LogP contribution >= 0.6 is 0 Å². The first kappa shape index (κ1) is 15.5. The fourth-order valence-corrected chi connectivity index (χ4v) is 3.32. The van der Waals surface area contributed by atoms with E-state index in [-0.39, 0.29) is 5.75 Å². The van der Waals surface area contributed by atoms with Gasteiger partial charge in [0.15, 0.2) is 0 Å². The van der Waals surface area contributed by atoms with Gasteiger partial charge >= 0.3 is 0 Å². The molecule has 2 unspecified atom stereocenters. The van der Waals surface area contributed by atoms with Crippen LogP contribution in [0.1, 0.15) is 24.9 Å². The summed E-state index contributed by atoms with van der Waals surface area (Å²) in [5.41, 5.74) is 1.30. The van der Waals surface area contributed by atoms with Crippen LogP contribution in [0.15, 0.2) is 30.3 Å². The summed E-state index contributed by atoms with van der Waals surface area (Å²) < 4.78 is 22.4. The number of sulfone groups is 1. The molecular formula is C15H24N2O2S. The zero-order valence-corrected chi connectivity index (χ0v) is 13.1. The van der Waals surface area contributed by atoms with Crippen LogP contribution in [0.4, 0.5) is 0 Å². The quantitative estimate of drug-likeness (QED) is 0.893. The van der Waals surface area contributed by atoms with Gasteiger partial charge in [0.2, 0.25) is 0 Å². The van der Waals surface area contributed by atoms with Gasteiger partial charge in [-0.05, 0) is 25.5 Å². The second-order valence-electron chi connectivity index (χ2n) is 5.70. The fraction of sp³-hybridized carbons (Fsp3) is 0.600. The Kier molecular flexibility index (Phi) is 5.18. The first-order valence-electron chi connectivity index (χ1n) is 7.16. The van der Waals surface area contributed by atoms with Crippen molar-refractivity contribution in [2.75, 3.05) is 31.6 Å². The van der Waals surface area contributed by atoms with Gasteiger partial charge in [0.1, 0.15) is 9.84 Å². The third kappa shape index (κ3) is 4.58. The number of rotatable bonds is 5. The van der Waals surface area contributed by atoms with Crippen molar-refractivity contribution in [1.29, 1.82) is 0 Å². The van der Waals surface area contributed by atoms with Crippen LogP contribution in [-0.2, 0) is 9.84 Å². The molecule has 1 saturated heterocycles. The summed E-state index contributed by atoms with van der Waals surface area (Å²) in [4.78, 5) is 2.39. The molecule has 2 atom stereocenters. The molecule has 1 heterocycles. The minimum absolute atomic E-state index is 0.277. The van der Waals surface area contributed by atoms with Crippen molar-refractivity contribution in [3.63, 3.8) is 0 Å². The first-order valence-corrected chi connectivity index (χ1v) is 9.22. The van der Waals surface area contributed by atoms with Crippen LogP contribution in [0, 0.1) is 0 Å². The molecule has 0 aromatic heterocycles. The molecule has 1 fully saturated rings. The zero-order chi connectivity index (χ0) is 14.6. The summed E-state index contributed by atoms with van der Waals surface area (Å²) in [6.07, 6.45) is 2.02. The van der Waals surface area contributed by atoms with E-state index < -0.39 is 9.84 Å². The van der Waals surface area contributed by atoms with Gasteiger partial charge in [-0.15, -0.1) is 0 Å². The molecule has 0 saturated carbocycles. The van der Waals surface area contributed by atoms with E-state index in [9.17, 15) is 8.42 Å². The molecule has 0 bridgehead atoms. The highest BCUT2D eigenvalue weighted by Crippen LogP contribution is 2.19. The Morgan fingerprint density at radius 3 is 2.65 bits per heavy atom. The second kappa shape index (κ2) is 6.70. The number of benzene rings is 1. The largest absolute Gasteiger partial charge is 0.307 e. The van der Waals surface area contributed by atoms with Crippen molar-refractivity contribution in [2.24, 2.45) is 0 Å². The molecule has 1 aliphatic heterocycles. The van der Waals surface area contributed by atoms with E-state index >= 15 is 0 Å². The van der Waals surface area contributed by atoms with E-state index in [1.54, 1.807) is 0 Å². The molecule has 0 radical (unpaired) electrons. The average Bonchev–Trinajstić information content (AvgIpc) is 2.40. The van der Waals surface area contributed by atoms with Gasteiger partial charge in [0, 0.05) is 31.4 Å². The molecule has 2 rings (SSSR count). The van der Waals surface area contributed by atoms with Crippen molar-refractivity contribution in [1.82, 2.24) is 10.2 Å². The van der Waals surface area contributed by atoms with Crippen molar-refractivity contribution in [3.05, 3.63) is 35.9 Å². The highest BCUT2D eigenvalue weighted by atomic mass is 32.2. The molecule has 112 valence electrons. The molecule has 1 aliphatic rings. The first-order chi connectivity index (χ1) is 9.46. The van der Waals surface area contributed by atoms with Gasteiger partial charge in [-0.25, -0.2) is 8.42 Å². The zero-order valence-electron chi connectivity index (χ0n) is 12.2. The topological polar surface area (TPSA) is 49.4 Å². The Labute approximate surface area is 122 Å². The predicted octanol–water partition coefficient (Wildman–Crippen LogP) is 1.46. The highest BCUT2D eigenvalue weighted by molar-refractivity contribution is 7.90. The number of nitrogens with one attached hydrogen (secondary N) is 1. The Hall–Kier alpha value is -0.910. The standard InChI is InChI=1S/C15H24N2O2S/c1-13-11-16-15(14-7-4-3-5-8-14)12-17(13)9-6-10-20(2,18)19/h3-5,7-8,13,15-16H,6,9-12H2,1-2H3. The Balaban J connectivity index is 1.91. The van der Waals surface area contributed by atoms with Crippen LogP contribution in [0.3, 0.4) is 0 Å². The predicted molar refractivity (Wildman–Crippen MR) is 82.5 cm³/mol. The summed E-state index contributed by atoms with van der Waals surface area (Å²) in [5, 5.41) is 3.56. The molecule has 0 amide bonds. The monoisotopic (exact) mass is 296 g/mol. The molecule has 1 N–H and O–H groups in total. The molecule has 0 spiro atoms. The number of nitrogens with zero attached hydrogens (tertiary/aromatic N) is 1. The summed E-state index contributed by atoms with van der Waals surface area (Å²) in [7, 11) is -2.85. The summed E-state index contributed by atoms with van der Waals surface area (Å²) in [5.74, 6) is 0.277. The van der Waals surface area contributed by atoms with E-state index in [0.29, 0.717) is 18.5 Å². The lowest BCUT2D eigenvalue weighted by Gasteiger charge is -2.39. The van der Waals surface area contributed by atoms with E-state index in [1.165, 1.54) is 11.8 Å². The number of hydrogen-bond donors (Lipinski definition) is 1. The molecular weight excluding hydrogens is 272 g/mol. The minimum Gasteiger partial charge on any atom is -0.307 e. The Bertz CT molecular complexity index is 516. The van der Waals surface area contributed by atoms with Crippen molar-refractivity contribution < 1.29 is 8.42 Å². The normalized spacial score (nSPS) is 24.7. The number of hydrogen-bond acceptors (Lipinski definition) is 4. The van der Waals surface area contributed by atoms with Crippen molar-refractivity contribution >= 4 is 9.84 Å². The maximum absolute atomic E-state index is 11.2. The molecule has 20 heavy (non-hydrogen) atoms. The van der Waals surface area contributed by atoms with Gasteiger partial charge in [-0.3, -0.25) is 4.90 Å². The summed E-state index contributed by atoms with van der Waals surface area (Å²) in [6, 6.07) is 11.2. The molecule has 1 aromatic rings. The summed E-state index contributed by atoms with van der Waals surface area (Å²) in [6.45, 7) is 4.92. The lowest BCUT2D eigenvalue weighted by atomic mass is 10.0. The fourth-order valence-electron chi connectivity index (χ4n) is 2.67. The third-order valence-electron chi connectivity index (χ3n) is 3.86. The Morgan fingerprint density at radius 2 is 2.00 bits per heavy atom. The van der Waals surface area contributed by atoms with Gasteiger partial charge < -0.3 is 5.32 Å². The maximum Gasteiger partial charge on any atom is 0.147 e. The SMILES string of the molecule is CC1CNC(c2ccccc2)CN1CCCS(C)(=O)=O. The van der Waals surface area contributed by atoms with Crippen LogP contribution in [-0.4, -0.2) is 51.0 Å². The van der Waals surface area contributed by atoms with Gasteiger partial charge in [-0.2, -0.15) is 0 Å². The smallest absolute Gasteiger partial charge is 0.147 e. The average molecular weight is 296 g/mol. The molecule has 0 aliphatic carbocycles. The van der Waals surface area contributed by atoms with E-state index in [4.69, 9.17) is 0 Å². The van der Waals surface area contributed by atoms with Crippen LogP contribution in [0.2, 0.25) is 0 Å². The Morgan fingerprint density at radius 1 is 1.30 bits per heavy atom. The van der Waals surface area contributed by atoms with E-state index in [0.717, 1.165) is 19.6 Å². The molecule has 1 aromatic carbocycles. The minimum atomic E-state index is -2.85. The van der Waals surface area contributed by atoms with Crippen molar-refractivity contribution in [2.45, 2.75) is 25.4 Å². The van der Waals surface area contributed by atoms with E-state index in [2.05, 4.69) is 41.4 Å². The summed E-state index contributed by atoms with van der Waals surface area (Å²) >= 11 is 0. The third-order valence-corrected chi connectivity index (χ3v) is 4.89. The van der Waals surface area contributed by atoms with Crippen LogP contribution < -0.4 is 5.32 Å². The number of piperazine rings is 1. The van der Waals surface area contributed by atoms with Crippen molar-refractivity contribution in [3.8, 4) is 0 Å². The lowest BCUT2D eigenvalue weighted by molar-refractivity contribution is 0.141. The van der Waals surface area contributed by atoms with Crippen LogP contribution in [0.25, 0.3) is 0 Å².